The van der Waals surface area contributed by atoms with E-state index in [4.69, 9.17) is 5.41 Å². The molecule has 0 aliphatic carbocycles. The van der Waals surface area contributed by atoms with Crippen LogP contribution in [0.4, 0.5) is 4.39 Å². The summed E-state index contributed by atoms with van der Waals surface area (Å²) in [4.78, 5) is 2.04. The average Bonchev–Trinajstić information content (AvgIpc) is 2.33. The molecular weight excluding hydrogens is 203 g/mol. The summed E-state index contributed by atoms with van der Waals surface area (Å²) in [5.74, 6) is 0.234. The summed E-state index contributed by atoms with van der Waals surface area (Å²) in [5.41, 5.74) is 1.32. The lowest BCUT2D eigenvalue weighted by atomic mass is 10.1. The number of benzene rings is 1. The lowest BCUT2D eigenvalue weighted by Gasteiger charge is -2.29. The van der Waals surface area contributed by atoms with Gasteiger partial charge in [0.25, 0.3) is 0 Å². The van der Waals surface area contributed by atoms with Gasteiger partial charge in [-0.3, -0.25) is 5.41 Å². The lowest BCUT2D eigenvalue weighted by molar-refractivity contribution is 0.341. The maximum absolute atomic E-state index is 13.4. The van der Waals surface area contributed by atoms with Crippen LogP contribution >= 0.6 is 0 Å². The van der Waals surface area contributed by atoms with Crippen LogP contribution in [0.25, 0.3) is 0 Å². The maximum atomic E-state index is 13.4. The van der Waals surface area contributed by atoms with Crippen LogP contribution in [-0.4, -0.2) is 23.8 Å². The quantitative estimate of drug-likeness (QED) is 0.571. The zero-order valence-corrected chi connectivity index (χ0v) is 9.59. The molecule has 0 spiro atoms. The van der Waals surface area contributed by atoms with Crippen LogP contribution in [0.15, 0.2) is 18.2 Å². The molecule has 86 valence electrons. The number of rotatable bonds is 1. The number of hydrogen-bond donors (Lipinski definition) is 1. The van der Waals surface area contributed by atoms with E-state index in [1.807, 2.05) is 11.0 Å². The fourth-order valence-electron chi connectivity index (χ4n) is 2.04. The lowest BCUT2D eigenvalue weighted by Crippen LogP contribution is -2.35. The summed E-state index contributed by atoms with van der Waals surface area (Å²) in [5, 5.41) is 8.05. The molecule has 1 aromatic carbocycles. The van der Waals surface area contributed by atoms with E-state index in [2.05, 4.69) is 0 Å². The van der Waals surface area contributed by atoms with Crippen molar-refractivity contribution in [2.45, 2.75) is 26.2 Å². The number of amidine groups is 1. The van der Waals surface area contributed by atoms with Crippen molar-refractivity contribution >= 4 is 5.84 Å². The van der Waals surface area contributed by atoms with E-state index >= 15 is 0 Å². The number of nitrogens with zero attached hydrogens (tertiary/aromatic N) is 1. The fourth-order valence-corrected chi connectivity index (χ4v) is 2.04. The Kier molecular flexibility index (Phi) is 3.22. The highest BCUT2D eigenvalue weighted by Crippen LogP contribution is 2.15. The first kappa shape index (κ1) is 11.1. The highest BCUT2D eigenvalue weighted by molar-refractivity contribution is 5.96. The van der Waals surface area contributed by atoms with Crippen molar-refractivity contribution in [2.75, 3.05) is 13.1 Å². The minimum absolute atomic E-state index is 0.223. The summed E-state index contributed by atoms with van der Waals surface area (Å²) in [7, 11) is 0. The van der Waals surface area contributed by atoms with Crippen molar-refractivity contribution < 1.29 is 4.39 Å². The number of piperidine rings is 1. The zero-order chi connectivity index (χ0) is 11.5. The van der Waals surface area contributed by atoms with Gasteiger partial charge in [0, 0.05) is 18.7 Å². The fraction of sp³-hybridized carbons (Fsp3) is 0.462. The van der Waals surface area contributed by atoms with Crippen molar-refractivity contribution in [1.29, 1.82) is 5.41 Å². The van der Waals surface area contributed by atoms with Gasteiger partial charge in [0.05, 0.1) is 0 Å². The smallest absolute Gasteiger partial charge is 0.128 e. The van der Waals surface area contributed by atoms with E-state index < -0.39 is 0 Å². The molecule has 3 heteroatoms. The maximum Gasteiger partial charge on any atom is 0.128 e. The second-order valence-corrected chi connectivity index (χ2v) is 4.36. The Bertz CT molecular complexity index is 395. The van der Waals surface area contributed by atoms with Gasteiger partial charge in [0.1, 0.15) is 11.7 Å². The van der Waals surface area contributed by atoms with Gasteiger partial charge in [0.2, 0.25) is 0 Å². The van der Waals surface area contributed by atoms with E-state index in [1.165, 1.54) is 12.5 Å². The molecule has 0 aromatic heterocycles. The van der Waals surface area contributed by atoms with Crippen molar-refractivity contribution in [2.24, 2.45) is 0 Å². The van der Waals surface area contributed by atoms with Crippen molar-refractivity contribution in [3.63, 3.8) is 0 Å². The van der Waals surface area contributed by atoms with Crippen LogP contribution in [0, 0.1) is 18.2 Å². The first-order chi connectivity index (χ1) is 7.68. The zero-order valence-electron chi connectivity index (χ0n) is 9.59. The Balaban J connectivity index is 2.16. The van der Waals surface area contributed by atoms with Crippen LogP contribution in [0.3, 0.4) is 0 Å². The molecule has 0 radical (unpaired) electrons. The molecule has 0 amide bonds. The van der Waals surface area contributed by atoms with Crippen LogP contribution in [0.1, 0.15) is 30.4 Å². The third kappa shape index (κ3) is 2.23. The van der Waals surface area contributed by atoms with E-state index in [1.54, 1.807) is 13.0 Å². The number of nitrogens with one attached hydrogen (secondary N) is 1. The van der Waals surface area contributed by atoms with Crippen LogP contribution in [-0.2, 0) is 0 Å². The molecule has 0 unspecified atom stereocenters. The molecule has 1 aromatic rings. The Labute approximate surface area is 95.6 Å². The molecule has 0 saturated carbocycles. The highest BCUT2D eigenvalue weighted by atomic mass is 19.1. The minimum Gasteiger partial charge on any atom is -0.357 e. The van der Waals surface area contributed by atoms with Gasteiger partial charge in [-0.2, -0.15) is 0 Å². The van der Waals surface area contributed by atoms with Gasteiger partial charge in [-0.15, -0.1) is 0 Å². The standard InChI is InChI=1S/C13H17FN2/c1-10-5-6-11(9-12(10)14)13(15)16-7-3-2-4-8-16/h5-6,9,15H,2-4,7-8H2,1H3. The molecule has 2 nitrogen and oxygen atoms in total. The first-order valence-electron chi connectivity index (χ1n) is 5.78. The average molecular weight is 220 g/mol. The second-order valence-electron chi connectivity index (χ2n) is 4.36. The Hall–Kier alpha value is -1.38. The summed E-state index contributed by atoms with van der Waals surface area (Å²) < 4.78 is 13.4. The molecule has 1 saturated heterocycles. The van der Waals surface area contributed by atoms with Gasteiger partial charge in [-0.1, -0.05) is 12.1 Å². The molecular formula is C13H17FN2. The SMILES string of the molecule is Cc1ccc(C(=N)N2CCCCC2)cc1F. The molecule has 0 atom stereocenters. The third-order valence-corrected chi connectivity index (χ3v) is 3.12. The van der Waals surface area contributed by atoms with Crippen LogP contribution in [0.2, 0.25) is 0 Å². The summed E-state index contributed by atoms with van der Waals surface area (Å²) in [6, 6.07) is 5.03. The van der Waals surface area contributed by atoms with Crippen LogP contribution < -0.4 is 0 Å². The topological polar surface area (TPSA) is 27.1 Å². The van der Waals surface area contributed by atoms with E-state index in [-0.39, 0.29) is 5.82 Å². The Morgan fingerprint density at radius 2 is 1.94 bits per heavy atom. The van der Waals surface area contributed by atoms with Gasteiger partial charge in [-0.05, 0) is 37.8 Å². The molecule has 1 N–H and O–H groups in total. The second kappa shape index (κ2) is 4.64. The van der Waals surface area contributed by atoms with Gasteiger partial charge in [-0.25, -0.2) is 4.39 Å². The monoisotopic (exact) mass is 220 g/mol. The normalized spacial score (nSPS) is 16.2. The molecule has 16 heavy (non-hydrogen) atoms. The summed E-state index contributed by atoms with van der Waals surface area (Å²) in [6.07, 6.45) is 3.51. The summed E-state index contributed by atoms with van der Waals surface area (Å²) in [6.45, 7) is 3.59. The predicted molar refractivity (Wildman–Crippen MR) is 63.4 cm³/mol. The minimum atomic E-state index is -0.223. The first-order valence-corrected chi connectivity index (χ1v) is 5.78. The van der Waals surface area contributed by atoms with Crippen molar-refractivity contribution in [3.05, 3.63) is 35.1 Å². The number of aryl methyl sites for hydroxylation is 1. The van der Waals surface area contributed by atoms with Crippen molar-refractivity contribution in [3.8, 4) is 0 Å². The van der Waals surface area contributed by atoms with E-state index in [0.29, 0.717) is 17.0 Å². The third-order valence-electron chi connectivity index (χ3n) is 3.12. The summed E-state index contributed by atoms with van der Waals surface area (Å²) >= 11 is 0. The van der Waals surface area contributed by atoms with Gasteiger partial charge in [0.15, 0.2) is 0 Å². The van der Waals surface area contributed by atoms with Gasteiger partial charge >= 0.3 is 0 Å². The number of likely N-dealkylation sites (tertiary alicyclic amines) is 1. The Morgan fingerprint density at radius 1 is 1.25 bits per heavy atom. The molecule has 1 fully saturated rings. The molecule has 0 bridgehead atoms. The molecule has 1 aliphatic rings. The van der Waals surface area contributed by atoms with Crippen LogP contribution in [0.5, 0.6) is 0 Å². The molecule has 2 rings (SSSR count). The molecule has 1 heterocycles. The van der Waals surface area contributed by atoms with E-state index in [9.17, 15) is 4.39 Å². The highest BCUT2D eigenvalue weighted by Gasteiger charge is 2.15. The Morgan fingerprint density at radius 3 is 2.56 bits per heavy atom. The van der Waals surface area contributed by atoms with E-state index in [0.717, 1.165) is 25.9 Å². The number of hydrogen-bond acceptors (Lipinski definition) is 1. The van der Waals surface area contributed by atoms with Crippen molar-refractivity contribution in [1.82, 2.24) is 4.90 Å². The largest absolute Gasteiger partial charge is 0.357 e. The number of halogens is 1. The predicted octanol–water partition coefficient (Wildman–Crippen LogP) is 2.95. The van der Waals surface area contributed by atoms with Gasteiger partial charge < -0.3 is 4.90 Å². The molecule has 1 aliphatic heterocycles.